The summed E-state index contributed by atoms with van der Waals surface area (Å²) in [6.45, 7) is 6.09. The third kappa shape index (κ3) is 3.22. The maximum absolute atomic E-state index is 11.3. The lowest BCUT2D eigenvalue weighted by atomic mass is 9.69. The Hall–Kier alpha value is -1.94. The van der Waals surface area contributed by atoms with Gasteiger partial charge in [0.05, 0.1) is 12.7 Å². The Morgan fingerprint density at radius 3 is 2.10 bits per heavy atom. The standard InChI is InChI=1S/C17H22N2O2/c1-16(2,3)17(20,9-13-10-18-12-19-11-13)14-5-7-15(21-4)8-6-14/h5-8,10-12,20H,9H2,1-4H3. The highest BCUT2D eigenvalue weighted by Crippen LogP contribution is 2.42. The van der Waals surface area contributed by atoms with Crippen molar-refractivity contribution in [2.24, 2.45) is 5.41 Å². The molecule has 112 valence electrons. The van der Waals surface area contributed by atoms with E-state index >= 15 is 0 Å². The summed E-state index contributed by atoms with van der Waals surface area (Å²) >= 11 is 0. The molecule has 0 saturated carbocycles. The van der Waals surface area contributed by atoms with E-state index in [1.807, 2.05) is 45.0 Å². The summed E-state index contributed by atoms with van der Waals surface area (Å²) in [5.41, 5.74) is 0.423. The molecule has 1 unspecified atom stereocenters. The van der Waals surface area contributed by atoms with E-state index < -0.39 is 5.60 Å². The second-order valence-electron chi connectivity index (χ2n) is 6.26. The molecule has 2 aromatic rings. The minimum absolute atomic E-state index is 0.336. The van der Waals surface area contributed by atoms with Crippen LogP contribution in [0.4, 0.5) is 0 Å². The van der Waals surface area contributed by atoms with E-state index in [1.54, 1.807) is 19.5 Å². The van der Waals surface area contributed by atoms with Gasteiger partial charge >= 0.3 is 0 Å². The van der Waals surface area contributed by atoms with E-state index in [0.29, 0.717) is 6.42 Å². The van der Waals surface area contributed by atoms with Crippen LogP contribution < -0.4 is 4.74 Å². The molecule has 21 heavy (non-hydrogen) atoms. The molecular weight excluding hydrogens is 264 g/mol. The lowest BCUT2D eigenvalue weighted by Crippen LogP contribution is -2.42. The fraction of sp³-hybridized carbons (Fsp3) is 0.412. The molecule has 4 heteroatoms. The second-order valence-corrected chi connectivity index (χ2v) is 6.26. The predicted molar refractivity (Wildman–Crippen MR) is 82.1 cm³/mol. The van der Waals surface area contributed by atoms with Crippen LogP contribution in [0.1, 0.15) is 31.9 Å². The Bertz CT molecular complexity index is 576. The summed E-state index contributed by atoms with van der Waals surface area (Å²) in [5.74, 6) is 0.776. The van der Waals surface area contributed by atoms with Gasteiger partial charge in [0.2, 0.25) is 0 Å². The molecule has 1 atom stereocenters. The number of benzene rings is 1. The Balaban J connectivity index is 2.41. The van der Waals surface area contributed by atoms with E-state index in [2.05, 4.69) is 9.97 Å². The molecule has 0 radical (unpaired) electrons. The number of aromatic nitrogens is 2. The van der Waals surface area contributed by atoms with Crippen LogP contribution in [-0.4, -0.2) is 22.2 Å². The molecule has 1 N–H and O–H groups in total. The Kier molecular flexibility index (Phi) is 4.28. The van der Waals surface area contributed by atoms with Crippen LogP contribution in [0.25, 0.3) is 0 Å². The maximum Gasteiger partial charge on any atom is 0.118 e. The van der Waals surface area contributed by atoms with Gasteiger partial charge in [-0.1, -0.05) is 32.9 Å². The van der Waals surface area contributed by atoms with Crippen LogP contribution in [-0.2, 0) is 12.0 Å². The van der Waals surface area contributed by atoms with Crippen molar-refractivity contribution in [3.8, 4) is 5.75 Å². The van der Waals surface area contributed by atoms with Crippen molar-refractivity contribution in [1.29, 1.82) is 0 Å². The van der Waals surface area contributed by atoms with Crippen molar-refractivity contribution in [3.63, 3.8) is 0 Å². The smallest absolute Gasteiger partial charge is 0.118 e. The summed E-state index contributed by atoms with van der Waals surface area (Å²) in [4.78, 5) is 8.06. The van der Waals surface area contributed by atoms with E-state index in [9.17, 15) is 5.11 Å². The third-order valence-electron chi connectivity index (χ3n) is 3.88. The number of methoxy groups -OCH3 is 1. The number of hydrogen-bond donors (Lipinski definition) is 1. The quantitative estimate of drug-likeness (QED) is 0.939. The molecule has 1 aromatic heterocycles. The molecule has 0 spiro atoms. The monoisotopic (exact) mass is 286 g/mol. The van der Waals surface area contributed by atoms with Crippen LogP contribution >= 0.6 is 0 Å². The average Bonchev–Trinajstić information content (AvgIpc) is 2.47. The van der Waals surface area contributed by atoms with Gasteiger partial charge in [-0.2, -0.15) is 0 Å². The summed E-state index contributed by atoms with van der Waals surface area (Å²) in [6, 6.07) is 7.56. The van der Waals surface area contributed by atoms with Crippen LogP contribution in [0.5, 0.6) is 5.75 Å². The first-order valence-electron chi connectivity index (χ1n) is 6.97. The normalized spacial score (nSPS) is 14.5. The van der Waals surface area contributed by atoms with Gasteiger partial charge in [0.25, 0.3) is 0 Å². The molecule has 0 bridgehead atoms. The van der Waals surface area contributed by atoms with Crippen molar-refractivity contribution < 1.29 is 9.84 Å². The molecule has 0 aliphatic rings. The highest BCUT2D eigenvalue weighted by Gasteiger charge is 2.41. The van der Waals surface area contributed by atoms with Gasteiger partial charge in [0, 0.05) is 18.8 Å². The molecule has 2 rings (SSSR count). The van der Waals surface area contributed by atoms with Gasteiger partial charge in [0.1, 0.15) is 12.1 Å². The Labute approximate surface area is 125 Å². The van der Waals surface area contributed by atoms with Crippen LogP contribution in [0, 0.1) is 5.41 Å². The first-order valence-corrected chi connectivity index (χ1v) is 6.97. The first kappa shape index (κ1) is 15.4. The van der Waals surface area contributed by atoms with Gasteiger partial charge in [0.15, 0.2) is 0 Å². The molecule has 0 aliphatic heterocycles. The minimum atomic E-state index is -1.01. The fourth-order valence-electron chi connectivity index (χ4n) is 2.38. The van der Waals surface area contributed by atoms with E-state index in [1.165, 1.54) is 6.33 Å². The number of nitrogens with zero attached hydrogens (tertiary/aromatic N) is 2. The average molecular weight is 286 g/mol. The highest BCUT2D eigenvalue weighted by atomic mass is 16.5. The SMILES string of the molecule is COc1ccc(C(O)(Cc2cncnc2)C(C)(C)C)cc1. The van der Waals surface area contributed by atoms with Crippen molar-refractivity contribution in [3.05, 3.63) is 54.1 Å². The second kappa shape index (κ2) is 5.82. The summed E-state index contributed by atoms with van der Waals surface area (Å²) in [7, 11) is 1.63. The van der Waals surface area contributed by atoms with Crippen molar-refractivity contribution in [2.75, 3.05) is 7.11 Å². The molecule has 1 aromatic carbocycles. The van der Waals surface area contributed by atoms with Crippen molar-refractivity contribution >= 4 is 0 Å². The van der Waals surface area contributed by atoms with Gasteiger partial charge < -0.3 is 9.84 Å². The number of rotatable bonds is 4. The van der Waals surface area contributed by atoms with Crippen molar-refractivity contribution in [2.45, 2.75) is 32.8 Å². The van der Waals surface area contributed by atoms with Gasteiger partial charge in [-0.15, -0.1) is 0 Å². The minimum Gasteiger partial charge on any atom is -0.497 e. The molecule has 0 amide bonds. The third-order valence-corrected chi connectivity index (χ3v) is 3.88. The maximum atomic E-state index is 11.3. The highest BCUT2D eigenvalue weighted by molar-refractivity contribution is 5.33. The van der Waals surface area contributed by atoms with Gasteiger partial charge in [-0.05, 0) is 28.7 Å². The largest absolute Gasteiger partial charge is 0.497 e. The molecule has 0 fully saturated rings. The fourth-order valence-corrected chi connectivity index (χ4v) is 2.38. The summed E-state index contributed by atoms with van der Waals surface area (Å²) < 4.78 is 5.18. The lowest BCUT2D eigenvalue weighted by Gasteiger charge is -2.41. The van der Waals surface area contributed by atoms with Crippen molar-refractivity contribution in [1.82, 2.24) is 9.97 Å². The zero-order valence-corrected chi connectivity index (χ0v) is 13.0. The van der Waals surface area contributed by atoms with Crippen LogP contribution in [0.15, 0.2) is 43.0 Å². The van der Waals surface area contributed by atoms with Gasteiger partial charge in [-0.25, -0.2) is 9.97 Å². The van der Waals surface area contributed by atoms with Gasteiger partial charge in [-0.3, -0.25) is 0 Å². The van der Waals surface area contributed by atoms with Crippen LogP contribution in [0.2, 0.25) is 0 Å². The summed E-state index contributed by atoms with van der Waals surface area (Å²) in [6.07, 6.45) is 5.44. The molecule has 4 nitrogen and oxygen atoms in total. The zero-order valence-electron chi connectivity index (χ0n) is 13.0. The molecule has 0 aliphatic carbocycles. The van der Waals surface area contributed by atoms with E-state index in [4.69, 9.17) is 4.74 Å². The summed E-state index contributed by atoms with van der Waals surface area (Å²) in [5, 5.41) is 11.3. The first-order chi connectivity index (χ1) is 9.87. The number of hydrogen-bond acceptors (Lipinski definition) is 4. The zero-order chi connectivity index (χ0) is 15.5. The lowest BCUT2D eigenvalue weighted by molar-refractivity contribution is -0.0641. The number of aliphatic hydroxyl groups is 1. The number of ether oxygens (including phenoxy) is 1. The van der Waals surface area contributed by atoms with E-state index in [-0.39, 0.29) is 5.41 Å². The molecular formula is C17H22N2O2. The Morgan fingerprint density at radius 2 is 1.62 bits per heavy atom. The van der Waals surface area contributed by atoms with E-state index in [0.717, 1.165) is 16.9 Å². The molecule has 1 heterocycles. The van der Waals surface area contributed by atoms with Crippen LogP contribution in [0.3, 0.4) is 0 Å². The Morgan fingerprint density at radius 1 is 1.05 bits per heavy atom. The topological polar surface area (TPSA) is 55.2 Å². The predicted octanol–water partition coefficient (Wildman–Crippen LogP) is 2.96. The molecule has 0 saturated heterocycles.